The predicted molar refractivity (Wildman–Crippen MR) is 108 cm³/mol. The summed E-state index contributed by atoms with van der Waals surface area (Å²) in [4.78, 5) is 30.1. The Morgan fingerprint density at radius 1 is 1.25 bits per heavy atom. The molecule has 0 bridgehead atoms. The third-order valence-corrected chi connectivity index (χ3v) is 4.90. The third kappa shape index (κ3) is 4.12. The molecule has 2 heterocycles. The molecule has 28 heavy (non-hydrogen) atoms. The molecule has 3 aromatic rings. The van der Waals surface area contributed by atoms with E-state index in [0.717, 1.165) is 11.4 Å². The second-order valence-electron chi connectivity index (χ2n) is 6.18. The van der Waals surface area contributed by atoms with Gasteiger partial charge in [-0.05, 0) is 42.5 Å². The van der Waals surface area contributed by atoms with Gasteiger partial charge in [0.15, 0.2) is 0 Å². The van der Waals surface area contributed by atoms with Gasteiger partial charge >= 0.3 is 6.03 Å². The number of thiazole rings is 1. The molecule has 0 saturated carbocycles. The smallest absolute Gasteiger partial charge is 0.321 e. The van der Waals surface area contributed by atoms with Crippen molar-refractivity contribution in [2.75, 3.05) is 23.3 Å². The summed E-state index contributed by atoms with van der Waals surface area (Å²) in [5.74, 6) is 0.377. The molecular weight excluding hydrogens is 376 g/mol. The highest BCUT2D eigenvalue weighted by molar-refractivity contribution is 7.07. The van der Waals surface area contributed by atoms with Crippen LogP contribution in [-0.4, -0.2) is 30.0 Å². The molecule has 4 rings (SSSR count). The van der Waals surface area contributed by atoms with Gasteiger partial charge < -0.3 is 15.4 Å². The fourth-order valence-corrected chi connectivity index (χ4v) is 3.38. The highest BCUT2D eigenvalue weighted by Gasteiger charge is 2.20. The van der Waals surface area contributed by atoms with Gasteiger partial charge in [0, 0.05) is 35.4 Å². The van der Waals surface area contributed by atoms with E-state index in [4.69, 9.17) is 4.74 Å². The van der Waals surface area contributed by atoms with E-state index in [1.165, 1.54) is 11.3 Å². The Bertz CT molecular complexity index is 973. The highest BCUT2D eigenvalue weighted by atomic mass is 32.1. The topological polar surface area (TPSA) is 83.6 Å². The lowest BCUT2D eigenvalue weighted by Crippen LogP contribution is -2.27. The van der Waals surface area contributed by atoms with E-state index < -0.39 is 0 Å². The molecule has 1 fully saturated rings. The Hall–Kier alpha value is -3.39. The Morgan fingerprint density at radius 2 is 2.11 bits per heavy atom. The zero-order valence-corrected chi connectivity index (χ0v) is 15.7. The van der Waals surface area contributed by atoms with E-state index in [1.54, 1.807) is 46.8 Å². The quantitative estimate of drug-likeness (QED) is 0.670. The Morgan fingerprint density at radius 3 is 2.82 bits per heavy atom. The molecular formula is C20H18N4O3S. The van der Waals surface area contributed by atoms with E-state index in [1.807, 2.05) is 17.5 Å². The summed E-state index contributed by atoms with van der Waals surface area (Å²) in [6, 6.07) is 14.1. The SMILES string of the molecule is O=C(Nc1ccc(N2CCNC2=O)cc1)c1cccc(OCc2cscn2)c1. The fourth-order valence-electron chi connectivity index (χ4n) is 2.84. The Balaban J connectivity index is 1.39. The van der Waals surface area contributed by atoms with Crippen molar-refractivity contribution in [3.05, 3.63) is 70.7 Å². The number of hydrogen-bond acceptors (Lipinski definition) is 5. The number of amides is 3. The molecule has 1 saturated heterocycles. The Labute approximate surface area is 166 Å². The van der Waals surface area contributed by atoms with Crippen LogP contribution >= 0.6 is 11.3 Å². The molecule has 2 aromatic carbocycles. The summed E-state index contributed by atoms with van der Waals surface area (Å²) in [6.45, 7) is 1.64. The maximum Gasteiger partial charge on any atom is 0.321 e. The van der Waals surface area contributed by atoms with Gasteiger partial charge in [0.05, 0.1) is 11.2 Å². The number of rotatable bonds is 6. The molecule has 1 aliphatic rings. The van der Waals surface area contributed by atoms with Crippen LogP contribution in [0.25, 0.3) is 0 Å². The first-order valence-corrected chi connectivity index (χ1v) is 9.70. The van der Waals surface area contributed by atoms with Crippen LogP contribution < -0.4 is 20.3 Å². The average Bonchev–Trinajstić information content (AvgIpc) is 3.39. The first-order valence-electron chi connectivity index (χ1n) is 8.76. The van der Waals surface area contributed by atoms with Crippen LogP contribution in [0, 0.1) is 0 Å². The molecule has 8 heteroatoms. The monoisotopic (exact) mass is 394 g/mol. The number of urea groups is 1. The van der Waals surface area contributed by atoms with Crippen molar-refractivity contribution in [3.63, 3.8) is 0 Å². The molecule has 0 atom stereocenters. The van der Waals surface area contributed by atoms with Gasteiger partial charge in [0.25, 0.3) is 5.91 Å². The van der Waals surface area contributed by atoms with Crippen LogP contribution in [0.1, 0.15) is 16.1 Å². The first kappa shape index (κ1) is 18.0. The maximum atomic E-state index is 12.5. The zero-order chi connectivity index (χ0) is 19.3. The normalized spacial score (nSPS) is 13.3. The van der Waals surface area contributed by atoms with Gasteiger partial charge in [0.2, 0.25) is 0 Å². The van der Waals surface area contributed by atoms with E-state index in [2.05, 4.69) is 15.6 Å². The van der Waals surface area contributed by atoms with Crippen molar-refractivity contribution in [1.29, 1.82) is 0 Å². The minimum Gasteiger partial charge on any atom is -0.487 e. The van der Waals surface area contributed by atoms with E-state index in [9.17, 15) is 9.59 Å². The van der Waals surface area contributed by atoms with Crippen molar-refractivity contribution >= 4 is 34.6 Å². The number of nitrogens with one attached hydrogen (secondary N) is 2. The molecule has 0 unspecified atom stereocenters. The maximum absolute atomic E-state index is 12.5. The number of anilines is 2. The average molecular weight is 394 g/mol. The first-order chi connectivity index (χ1) is 13.7. The van der Waals surface area contributed by atoms with E-state index in [0.29, 0.717) is 36.7 Å². The molecule has 3 amide bonds. The van der Waals surface area contributed by atoms with Crippen molar-refractivity contribution in [1.82, 2.24) is 10.3 Å². The number of benzene rings is 2. The third-order valence-electron chi connectivity index (χ3n) is 4.26. The number of nitrogens with zero attached hydrogens (tertiary/aromatic N) is 2. The summed E-state index contributed by atoms with van der Waals surface area (Å²) < 4.78 is 5.69. The standard InChI is InChI=1S/C20H18N4O3S/c25-19(14-2-1-3-18(10-14)27-11-16-12-28-13-22-16)23-15-4-6-17(7-5-15)24-9-8-21-20(24)26/h1-7,10,12-13H,8-9,11H2,(H,21,26)(H,23,25). The lowest BCUT2D eigenvalue weighted by molar-refractivity contribution is 0.102. The summed E-state index contributed by atoms with van der Waals surface area (Å²) in [5, 5.41) is 7.55. The minimum atomic E-state index is -0.231. The van der Waals surface area contributed by atoms with Crippen LogP contribution in [-0.2, 0) is 6.61 Å². The number of aromatic nitrogens is 1. The van der Waals surface area contributed by atoms with Gasteiger partial charge in [-0.2, -0.15) is 0 Å². The van der Waals surface area contributed by atoms with E-state index in [-0.39, 0.29) is 11.9 Å². The number of ether oxygens (including phenoxy) is 1. The summed E-state index contributed by atoms with van der Waals surface area (Å²) in [7, 11) is 0. The Kier molecular flexibility index (Phi) is 5.20. The van der Waals surface area contributed by atoms with Gasteiger partial charge in [-0.1, -0.05) is 6.07 Å². The van der Waals surface area contributed by atoms with Crippen LogP contribution in [0.15, 0.2) is 59.4 Å². The molecule has 0 spiro atoms. The van der Waals surface area contributed by atoms with Gasteiger partial charge in [-0.25, -0.2) is 9.78 Å². The highest BCUT2D eigenvalue weighted by Crippen LogP contribution is 2.21. The van der Waals surface area contributed by atoms with Crippen LogP contribution in [0.5, 0.6) is 5.75 Å². The second kappa shape index (κ2) is 8.10. The molecule has 1 aliphatic heterocycles. The van der Waals surface area contributed by atoms with Crippen molar-refractivity contribution in [2.24, 2.45) is 0 Å². The zero-order valence-electron chi connectivity index (χ0n) is 14.9. The second-order valence-corrected chi connectivity index (χ2v) is 6.90. The van der Waals surface area contributed by atoms with Gasteiger partial charge in [-0.15, -0.1) is 11.3 Å². The number of carbonyl (C=O) groups excluding carboxylic acids is 2. The molecule has 0 aliphatic carbocycles. The molecule has 2 N–H and O–H groups in total. The van der Waals surface area contributed by atoms with Crippen molar-refractivity contribution < 1.29 is 14.3 Å². The summed E-state index contributed by atoms with van der Waals surface area (Å²) >= 11 is 1.51. The number of hydrogen-bond donors (Lipinski definition) is 2. The lowest BCUT2D eigenvalue weighted by Gasteiger charge is -2.14. The van der Waals surface area contributed by atoms with Crippen molar-refractivity contribution in [3.8, 4) is 5.75 Å². The molecule has 1 aromatic heterocycles. The van der Waals surface area contributed by atoms with Gasteiger partial charge in [0.1, 0.15) is 12.4 Å². The fraction of sp³-hybridized carbons (Fsp3) is 0.150. The van der Waals surface area contributed by atoms with Crippen molar-refractivity contribution in [2.45, 2.75) is 6.61 Å². The predicted octanol–water partition coefficient (Wildman–Crippen LogP) is 3.50. The molecule has 7 nitrogen and oxygen atoms in total. The summed E-state index contributed by atoms with van der Waals surface area (Å²) in [5.41, 5.74) is 4.56. The van der Waals surface area contributed by atoms with Crippen LogP contribution in [0.4, 0.5) is 16.2 Å². The van der Waals surface area contributed by atoms with Crippen LogP contribution in [0.3, 0.4) is 0 Å². The minimum absolute atomic E-state index is 0.105. The van der Waals surface area contributed by atoms with Gasteiger partial charge in [-0.3, -0.25) is 9.69 Å². The molecule has 0 radical (unpaired) electrons. The lowest BCUT2D eigenvalue weighted by atomic mass is 10.2. The van der Waals surface area contributed by atoms with E-state index >= 15 is 0 Å². The largest absolute Gasteiger partial charge is 0.487 e. The molecule has 142 valence electrons. The number of carbonyl (C=O) groups is 2. The van der Waals surface area contributed by atoms with Crippen LogP contribution in [0.2, 0.25) is 0 Å². The summed E-state index contributed by atoms with van der Waals surface area (Å²) in [6.07, 6.45) is 0.